The summed E-state index contributed by atoms with van der Waals surface area (Å²) in [7, 11) is 0. The molecule has 0 radical (unpaired) electrons. The highest BCUT2D eigenvalue weighted by Crippen LogP contribution is 2.23. The molecule has 0 fully saturated rings. The third-order valence-corrected chi connectivity index (χ3v) is 4.06. The Kier molecular flexibility index (Phi) is 5.61. The van der Waals surface area contributed by atoms with Gasteiger partial charge in [0, 0.05) is 22.1 Å². The van der Waals surface area contributed by atoms with Gasteiger partial charge in [-0.1, -0.05) is 57.9 Å². The van der Waals surface area contributed by atoms with Crippen molar-refractivity contribution in [3.63, 3.8) is 0 Å². The van der Waals surface area contributed by atoms with E-state index in [0.29, 0.717) is 6.54 Å². The maximum Gasteiger partial charge on any atom is 0.0914 e. The predicted molar refractivity (Wildman–Crippen MR) is 87.0 cm³/mol. The Labute approximate surface area is 132 Å². The number of halogens is 2. The summed E-state index contributed by atoms with van der Waals surface area (Å²) >= 11 is 9.57. The van der Waals surface area contributed by atoms with Gasteiger partial charge in [0.1, 0.15) is 0 Å². The van der Waals surface area contributed by atoms with Crippen molar-refractivity contribution in [2.45, 2.75) is 19.1 Å². The van der Waals surface area contributed by atoms with Crippen LogP contribution in [0.2, 0.25) is 5.02 Å². The topological polar surface area (TPSA) is 32.3 Å². The molecule has 0 amide bonds. The fourth-order valence-electron chi connectivity index (χ4n) is 2.06. The van der Waals surface area contributed by atoms with Gasteiger partial charge >= 0.3 is 0 Å². The molecule has 0 heterocycles. The smallest absolute Gasteiger partial charge is 0.0914 e. The molecule has 2 aromatic carbocycles. The van der Waals surface area contributed by atoms with Gasteiger partial charge in [0.2, 0.25) is 0 Å². The molecule has 0 aliphatic rings. The third-order valence-electron chi connectivity index (χ3n) is 3.22. The highest BCUT2D eigenvalue weighted by Gasteiger charge is 2.12. The van der Waals surface area contributed by atoms with E-state index >= 15 is 0 Å². The lowest BCUT2D eigenvalue weighted by molar-refractivity contribution is 0.170. The molecule has 0 saturated carbocycles. The van der Waals surface area contributed by atoms with Crippen LogP contribution in [0.4, 0.5) is 0 Å². The number of hydrogen-bond acceptors (Lipinski definition) is 2. The normalized spacial score (nSPS) is 14.0. The van der Waals surface area contributed by atoms with Crippen molar-refractivity contribution in [1.29, 1.82) is 0 Å². The zero-order chi connectivity index (χ0) is 14.5. The zero-order valence-corrected chi connectivity index (χ0v) is 13.5. The molecule has 106 valence electrons. The van der Waals surface area contributed by atoms with Gasteiger partial charge in [0.15, 0.2) is 0 Å². The molecular formula is C16H17BrClNO. The first kappa shape index (κ1) is 15.5. The van der Waals surface area contributed by atoms with Gasteiger partial charge in [-0.3, -0.25) is 0 Å². The van der Waals surface area contributed by atoms with Crippen molar-refractivity contribution < 1.29 is 5.11 Å². The average molecular weight is 355 g/mol. The minimum atomic E-state index is -0.544. The van der Waals surface area contributed by atoms with Crippen LogP contribution in [0.5, 0.6) is 0 Å². The van der Waals surface area contributed by atoms with E-state index in [1.54, 1.807) is 0 Å². The minimum absolute atomic E-state index is 0.0884. The van der Waals surface area contributed by atoms with Gasteiger partial charge in [0.25, 0.3) is 0 Å². The van der Waals surface area contributed by atoms with Crippen LogP contribution < -0.4 is 5.32 Å². The van der Waals surface area contributed by atoms with Crippen LogP contribution in [0, 0.1) is 0 Å². The number of aliphatic hydroxyl groups is 1. The zero-order valence-electron chi connectivity index (χ0n) is 11.2. The molecule has 2 nitrogen and oxygen atoms in total. The first-order valence-corrected chi connectivity index (χ1v) is 7.66. The van der Waals surface area contributed by atoms with Crippen molar-refractivity contribution in [3.8, 4) is 0 Å². The molecular weight excluding hydrogens is 338 g/mol. The van der Waals surface area contributed by atoms with Gasteiger partial charge in [-0.2, -0.15) is 0 Å². The summed E-state index contributed by atoms with van der Waals surface area (Å²) in [5.74, 6) is 0. The molecule has 0 aliphatic heterocycles. The van der Waals surface area contributed by atoms with Gasteiger partial charge < -0.3 is 10.4 Å². The number of benzene rings is 2. The summed E-state index contributed by atoms with van der Waals surface area (Å²) in [5.41, 5.74) is 1.92. The van der Waals surface area contributed by atoms with E-state index in [0.717, 1.165) is 20.6 Å². The highest BCUT2D eigenvalue weighted by atomic mass is 79.9. The average Bonchev–Trinajstić information content (AvgIpc) is 2.45. The second-order valence-electron chi connectivity index (χ2n) is 4.72. The first-order valence-electron chi connectivity index (χ1n) is 6.49. The molecule has 4 heteroatoms. The summed E-state index contributed by atoms with van der Waals surface area (Å²) in [6.07, 6.45) is -0.544. The molecule has 0 aliphatic carbocycles. The quantitative estimate of drug-likeness (QED) is 0.829. The Hall–Kier alpha value is -0.870. The van der Waals surface area contributed by atoms with E-state index in [-0.39, 0.29) is 6.04 Å². The highest BCUT2D eigenvalue weighted by molar-refractivity contribution is 9.10. The van der Waals surface area contributed by atoms with E-state index < -0.39 is 6.10 Å². The number of rotatable bonds is 5. The summed E-state index contributed by atoms with van der Waals surface area (Å²) in [4.78, 5) is 0. The Morgan fingerprint density at radius 2 is 1.95 bits per heavy atom. The maximum absolute atomic E-state index is 10.2. The minimum Gasteiger partial charge on any atom is -0.387 e. The predicted octanol–water partition coefficient (Wildman–Crippen LogP) is 4.49. The van der Waals surface area contributed by atoms with E-state index in [4.69, 9.17) is 11.6 Å². The largest absolute Gasteiger partial charge is 0.387 e. The van der Waals surface area contributed by atoms with Gasteiger partial charge in [-0.05, 0) is 36.2 Å². The second-order valence-corrected chi connectivity index (χ2v) is 6.05. The summed E-state index contributed by atoms with van der Waals surface area (Å²) < 4.78 is 0.966. The van der Waals surface area contributed by atoms with Crippen LogP contribution in [0.15, 0.2) is 53.0 Å². The monoisotopic (exact) mass is 353 g/mol. The number of nitrogens with one attached hydrogen (secondary N) is 1. The van der Waals surface area contributed by atoms with Crippen molar-refractivity contribution in [3.05, 3.63) is 69.2 Å². The molecule has 0 saturated heterocycles. The van der Waals surface area contributed by atoms with Crippen LogP contribution in [-0.2, 0) is 0 Å². The fraction of sp³-hybridized carbons (Fsp3) is 0.250. The second kappa shape index (κ2) is 7.23. The van der Waals surface area contributed by atoms with Crippen LogP contribution in [0.3, 0.4) is 0 Å². The molecule has 1 unspecified atom stereocenters. The van der Waals surface area contributed by atoms with E-state index in [9.17, 15) is 5.11 Å². The lowest BCUT2D eigenvalue weighted by atomic mass is 10.1. The van der Waals surface area contributed by atoms with Crippen LogP contribution in [0.25, 0.3) is 0 Å². The molecule has 0 bridgehead atoms. The lowest BCUT2D eigenvalue weighted by Crippen LogP contribution is -2.24. The van der Waals surface area contributed by atoms with Crippen molar-refractivity contribution in [2.24, 2.45) is 0 Å². The molecule has 2 aromatic rings. The molecule has 2 atom stereocenters. The van der Waals surface area contributed by atoms with E-state index in [2.05, 4.69) is 21.2 Å². The molecule has 0 spiro atoms. The van der Waals surface area contributed by atoms with Crippen molar-refractivity contribution >= 4 is 27.5 Å². The number of aliphatic hydroxyl groups excluding tert-OH is 1. The summed E-state index contributed by atoms with van der Waals surface area (Å²) in [6, 6.07) is 15.5. The summed E-state index contributed by atoms with van der Waals surface area (Å²) in [5, 5.41) is 14.2. The SMILES string of the molecule is C[C@@H](NCC(O)c1cccc(Br)c1)c1ccccc1Cl. The number of hydrogen-bond donors (Lipinski definition) is 2. The Morgan fingerprint density at radius 1 is 1.20 bits per heavy atom. The van der Waals surface area contributed by atoms with Gasteiger partial charge in [-0.25, -0.2) is 0 Å². The van der Waals surface area contributed by atoms with Gasteiger partial charge in [0.05, 0.1) is 6.10 Å². The molecule has 0 aromatic heterocycles. The van der Waals surface area contributed by atoms with E-state index in [1.165, 1.54) is 0 Å². The summed E-state index contributed by atoms with van der Waals surface area (Å²) in [6.45, 7) is 2.51. The molecule has 2 N–H and O–H groups in total. The van der Waals surface area contributed by atoms with Gasteiger partial charge in [-0.15, -0.1) is 0 Å². The molecule has 2 rings (SSSR count). The first-order chi connectivity index (χ1) is 9.58. The van der Waals surface area contributed by atoms with Crippen LogP contribution in [-0.4, -0.2) is 11.7 Å². The fourth-order valence-corrected chi connectivity index (χ4v) is 2.77. The lowest BCUT2D eigenvalue weighted by Gasteiger charge is -2.18. The van der Waals surface area contributed by atoms with Crippen molar-refractivity contribution in [2.75, 3.05) is 6.54 Å². The maximum atomic E-state index is 10.2. The van der Waals surface area contributed by atoms with Crippen LogP contribution in [0.1, 0.15) is 30.2 Å². The van der Waals surface area contributed by atoms with Crippen LogP contribution >= 0.6 is 27.5 Å². The molecule has 20 heavy (non-hydrogen) atoms. The Morgan fingerprint density at radius 3 is 2.65 bits per heavy atom. The Balaban J connectivity index is 1.97. The third kappa shape index (κ3) is 4.06. The van der Waals surface area contributed by atoms with Crippen molar-refractivity contribution in [1.82, 2.24) is 5.32 Å². The Bertz CT molecular complexity index is 576. The standard InChI is InChI=1S/C16H17BrClNO/c1-11(14-7-2-3-8-15(14)18)19-10-16(20)12-5-4-6-13(17)9-12/h2-9,11,16,19-20H,10H2,1H3/t11-,16?/m1/s1. The van der Waals surface area contributed by atoms with E-state index in [1.807, 2.05) is 55.5 Å².